The van der Waals surface area contributed by atoms with E-state index in [2.05, 4.69) is 65.2 Å². The van der Waals surface area contributed by atoms with Crippen molar-refractivity contribution in [3.05, 3.63) is 29.8 Å². The maximum Gasteiger partial charge on any atom is 0.228 e. The lowest BCUT2D eigenvalue weighted by molar-refractivity contribution is -0.140. The summed E-state index contributed by atoms with van der Waals surface area (Å²) in [7, 11) is 2.19. The van der Waals surface area contributed by atoms with Crippen LogP contribution >= 0.6 is 0 Å². The maximum atomic E-state index is 12.8. The Morgan fingerprint density at radius 1 is 1.12 bits per heavy atom. The first kappa shape index (κ1) is 17.8. The summed E-state index contributed by atoms with van der Waals surface area (Å²) >= 11 is 0. The molecule has 2 aliphatic heterocycles. The number of anilines is 1. The standard InChI is InChI=1S/C21H32N4O/c1-16-14-22-19(15-25(16)20(26)21(2)8-9-21)17-4-6-18(7-5-17)24-12-10-23(3)11-13-24/h4-7,16,19,22H,8-15H2,1-3H3/t16-,19-/m1/s1. The van der Waals surface area contributed by atoms with Crippen molar-refractivity contribution in [1.29, 1.82) is 0 Å². The molecule has 2 saturated heterocycles. The number of rotatable bonds is 3. The van der Waals surface area contributed by atoms with E-state index < -0.39 is 0 Å². The van der Waals surface area contributed by atoms with Crippen molar-refractivity contribution in [2.24, 2.45) is 5.41 Å². The lowest BCUT2D eigenvalue weighted by atomic mass is 9.99. The number of carbonyl (C=O) groups excluding carboxylic acids is 1. The van der Waals surface area contributed by atoms with Crippen LogP contribution < -0.4 is 10.2 Å². The number of amides is 1. The van der Waals surface area contributed by atoms with Crippen molar-refractivity contribution in [3.63, 3.8) is 0 Å². The van der Waals surface area contributed by atoms with Crippen molar-refractivity contribution >= 4 is 11.6 Å². The summed E-state index contributed by atoms with van der Waals surface area (Å²) in [4.78, 5) is 19.8. The fraction of sp³-hybridized carbons (Fsp3) is 0.667. The van der Waals surface area contributed by atoms with Crippen LogP contribution in [0.1, 0.15) is 38.3 Å². The average Bonchev–Trinajstić information content (AvgIpc) is 3.41. The van der Waals surface area contributed by atoms with Crippen LogP contribution in [-0.4, -0.2) is 68.1 Å². The highest BCUT2D eigenvalue weighted by molar-refractivity contribution is 5.85. The minimum absolute atomic E-state index is 0.0819. The minimum atomic E-state index is -0.0819. The fourth-order valence-electron chi connectivity index (χ4n) is 4.10. The van der Waals surface area contributed by atoms with Crippen molar-refractivity contribution in [1.82, 2.24) is 15.1 Å². The topological polar surface area (TPSA) is 38.8 Å². The molecule has 3 aliphatic rings. The van der Waals surface area contributed by atoms with E-state index in [4.69, 9.17) is 0 Å². The van der Waals surface area contributed by atoms with E-state index in [1.165, 1.54) is 11.3 Å². The number of hydrogen-bond acceptors (Lipinski definition) is 4. The number of hydrogen-bond donors (Lipinski definition) is 1. The third-order valence-electron chi connectivity index (χ3n) is 6.51. The van der Waals surface area contributed by atoms with Crippen LogP contribution in [0.2, 0.25) is 0 Å². The molecule has 5 heteroatoms. The Morgan fingerprint density at radius 3 is 2.38 bits per heavy atom. The summed E-state index contributed by atoms with van der Waals surface area (Å²) in [6, 6.07) is 9.48. The van der Waals surface area contributed by atoms with Crippen molar-refractivity contribution < 1.29 is 4.79 Å². The molecule has 0 aromatic heterocycles. The molecule has 26 heavy (non-hydrogen) atoms. The number of carbonyl (C=O) groups is 1. The monoisotopic (exact) mass is 356 g/mol. The van der Waals surface area contributed by atoms with E-state index >= 15 is 0 Å². The molecule has 3 fully saturated rings. The van der Waals surface area contributed by atoms with E-state index in [-0.39, 0.29) is 17.5 Å². The Balaban J connectivity index is 1.43. The molecule has 4 rings (SSSR count). The van der Waals surface area contributed by atoms with Crippen molar-refractivity contribution in [3.8, 4) is 0 Å². The molecule has 1 amide bonds. The molecule has 1 aliphatic carbocycles. The molecule has 0 radical (unpaired) electrons. The maximum absolute atomic E-state index is 12.8. The fourth-order valence-corrected chi connectivity index (χ4v) is 4.10. The van der Waals surface area contributed by atoms with Gasteiger partial charge in [-0.15, -0.1) is 0 Å². The smallest absolute Gasteiger partial charge is 0.228 e. The highest BCUT2D eigenvalue weighted by Gasteiger charge is 2.48. The van der Waals surface area contributed by atoms with E-state index in [1.807, 2.05) is 0 Å². The Bertz CT molecular complexity index is 646. The van der Waals surface area contributed by atoms with Gasteiger partial charge in [-0.1, -0.05) is 19.1 Å². The first-order valence-electron chi connectivity index (χ1n) is 10.0. The molecule has 0 bridgehead atoms. The van der Waals surface area contributed by atoms with E-state index in [0.717, 1.165) is 52.1 Å². The van der Waals surface area contributed by atoms with Crippen LogP contribution in [0, 0.1) is 5.41 Å². The number of likely N-dealkylation sites (N-methyl/N-ethyl adjacent to an activating group) is 1. The van der Waals surface area contributed by atoms with Crippen LogP contribution in [-0.2, 0) is 4.79 Å². The van der Waals surface area contributed by atoms with Crippen LogP contribution in [0.4, 0.5) is 5.69 Å². The Labute approximate surface area is 157 Å². The molecular formula is C21H32N4O. The van der Waals surface area contributed by atoms with Gasteiger partial charge in [0.05, 0.1) is 0 Å². The highest BCUT2D eigenvalue weighted by atomic mass is 16.2. The molecule has 0 spiro atoms. The van der Waals surface area contributed by atoms with Gasteiger partial charge in [-0.05, 0) is 44.5 Å². The van der Waals surface area contributed by atoms with E-state index in [1.54, 1.807) is 0 Å². The third kappa shape index (κ3) is 3.47. The number of benzene rings is 1. The second kappa shape index (κ2) is 6.86. The van der Waals surface area contributed by atoms with E-state index in [0.29, 0.717) is 5.91 Å². The normalized spacial score (nSPS) is 28.9. The summed E-state index contributed by atoms with van der Waals surface area (Å²) in [5.74, 6) is 0.352. The number of nitrogens with zero attached hydrogens (tertiary/aromatic N) is 3. The zero-order valence-corrected chi connectivity index (χ0v) is 16.4. The van der Waals surface area contributed by atoms with Gasteiger partial charge in [0.25, 0.3) is 0 Å². The van der Waals surface area contributed by atoms with Crippen molar-refractivity contribution in [2.75, 3.05) is 51.2 Å². The van der Waals surface area contributed by atoms with Crippen LogP contribution in [0.25, 0.3) is 0 Å². The van der Waals surface area contributed by atoms with E-state index in [9.17, 15) is 4.79 Å². The largest absolute Gasteiger partial charge is 0.369 e. The number of piperazine rings is 2. The van der Waals surface area contributed by atoms with Gasteiger partial charge < -0.3 is 20.0 Å². The predicted octanol–water partition coefficient (Wildman–Crippen LogP) is 2.10. The summed E-state index contributed by atoms with van der Waals surface area (Å²) in [5.41, 5.74) is 2.51. The summed E-state index contributed by atoms with van der Waals surface area (Å²) in [6.07, 6.45) is 2.10. The molecular weight excluding hydrogens is 324 g/mol. The Hall–Kier alpha value is -1.59. The lowest BCUT2D eigenvalue weighted by Crippen LogP contribution is -2.55. The molecule has 1 saturated carbocycles. The van der Waals surface area contributed by atoms with Gasteiger partial charge in [0, 0.05) is 62.5 Å². The zero-order valence-electron chi connectivity index (χ0n) is 16.4. The molecule has 2 heterocycles. The van der Waals surface area contributed by atoms with Crippen LogP contribution in [0.3, 0.4) is 0 Å². The number of nitrogens with one attached hydrogen (secondary N) is 1. The second-order valence-electron chi connectivity index (χ2n) is 8.71. The minimum Gasteiger partial charge on any atom is -0.369 e. The average molecular weight is 357 g/mol. The second-order valence-corrected chi connectivity index (χ2v) is 8.71. The Morgan fingerprint density at radius 2 is 1.77 bits per heavy atom. The first-order valence-corrected chi connectivity index (χ1v) is 10.0. The lowest BCUT2D eigenvalue weighted by Gasteiger charge is -2.40. The van der Waals surface area contributed by atoms with Gasteiger partial charge in [-0.3, -0.25) is 4.79 Å². The third-order valence-corrected chi connectivity index (χ3v) is 6.51. The first-order chi connectivity index (χ1) is 12.5. The summed E-state index contributed by atoms with van der Waals surface area (Å²) < 4.78 is 0. The SMILES string of the molecule is C[C@@H]1CN[C@@H](c2ccc(N3CCN(C)CC3)cc2)CN1C(=O)C1(C)CC1. The summed E-state index contributed by atoms with van der Waals surface area (Å²) in [5, 5.41) is 3.63. The molecule has 2 atom stereocenters. The highest BCUT2D eigenvalue weighted by Crippen LogP contribution is 2.47. The van der Waals surface area contributed by atoms with Gasteiger partial charge in [0.15, 0.2) is 0 Å². The molecule has 1 aromatic rings. The van der Waals surface area contributed by atoms with Gasteiger partial charge in [0.2, 0.25) is 5.91 Å². The van der Waals surface area contributed by atoms with Crippen LogP contribution in [0.5, 0.6) is 0 Å². The predicted molar refractivity (Wildman–Crippen MR) is 105 cm³/mol. The molecule has 1 aromatic carbocycles. The molecule has 0 unspecified atom stereocenters. The van der Waals surface area contributed by atoms with Crippen molar-refractivity contribution in [2.45, 2.75) is 38.8 Å². The molecule has 1 N–H and O–H groups in total. The van der Waals surface area contributed by atoms with Gasteiger partial charge in [0.1, 0.15) is 0 Å². The zero-order chi connectivity index (χ0) is 18.3. The van der Waals surface area contributed by atoms with Crippen LogP contribution in [0.15, 0.2) is 24.3 Å². The molecule has 5 nitrogen and oxygen atoms in total. The molecule has 142 valence electrons. The van der Waals surface area contributed by atoms with Gasteiger partial charge >= 0.3 is 0 Å². The summed E-state index contributed by atoms with van der Waals surface area (Å²) in [6.45, 7) is 10.4. The quantitative estimate of drug-likeness (QED) is 0.900. The van der Waals surface area contributed by atoms with Gasteiger partial charge in [-0.25, -0.2) is 0 Å². The van der Waals surface area contributed by atoms with Gasteiger partial charge in [-0.2, -0.15) is 0 Å². The Kier molecular flexibility index (Phi) is 4.70.